The number of hydrogen-bond donors (Lipinski definition) is 3. The van der Waals surface area contributed by atoms with Crippen LogP contribution >= 0.6 is 0 Å². The number of nitrogens with one attached hydrogen (secondary N) is 1. The minimum Gasteiger partial charge on any atom is -0.397 e. The molecule has 0 aromatic heterocycles. The number of benzene rings is 1. The van der Waals surface area contributed by atoms with Gasteiger partial charge in [0.25, 0.3) is 0 Å². The number of aliphatic hydroxyl groups excluding tert-OH is 2. The average molecular weight is 209 g/mol. The fourth-order valence-corrected chi connectivity index (χ4v) is 1.63. The second-order valence-corrected chi connectivity index (χ2v) is 3.50. The molecule has 3 heteroatoms. The van der Waals surface area contributed by atoms with E-state index >= 15 is 0 Å². The van der Waals surface area contributed by atoms with Crippen molar-refractivity contribution in [1.82, 2.24) is 5.32 Å². The third kappa shape index (κ3) is 3.63. The maximum absolute atomic E-state index is 8.92. The van der Waals surface area contributed by atoms with E-state index in [1.54, 1.807) is 6.92 Å². The van der Waals surface area contributed by atoms with Gasteiger partial charge in [-0.15, -0.1) is 0 Å². The first-order chi connectivity index (χ1) is 7.31. The van der Waals surface area contributed by atoms with Crippen molar-refractivity contribution in [2.24, 2.45) is 0 Å². The quantitative estimate of drug-likeness (QED) is 0.642. The molecule has 0 atom stereocenters. The SMILES string of the molecule is CCO.OCc1ccc2c(c1)CNCC2. The third-order valence-corrected chi connectivity index (χ3v) is 2.34. The molecule has 0 saturated heterocycles. The van der Waals surface area contributed by atoms with Gasteiger partial charge < -0.3 is 15.5 Å². The van der Waals surface area contributed by atoms with E-state index in [0.717, 1.165) is 25.1 Å². The fraction of sp³-hybridized carbons (Fsp3) is 0.500. The molecular weight excluding hydrogens is 190 g/mol. The van der Waals surface area contributed by atoms with Crippen LogP contribution in [0.5, 0.6) is 0 Å². The topological polar surface area (TPSA) is 52.5 Å². The first-order valence-electron chi connectivity index (χ1n) is 5.35. The van der Waals surface area contributed by atoms with Crippen LogP contribution < -0.4 is 5.32 Å². The Kier molecular flexibility index (Phi) is 5.32. The molecule has 1 heterocycles. The van der Waals surface area contributed by atoms with Crippen LogP contribution in [0.1, 0.15) is 23.6 Å². The smallest absolute Gasteiger partial charge is 0.0681 e. The summed E-state index contributed by atoms with van der Waals surface area (Å²) in [5, 5.41) is 19.8. The Morgan fingerprint density at radius 1 is 1.27 bits per heavy atom. The highest BCUT2D eigenvalue weighted by Gasteiger charge is 2.07. The predicted octanol–water partition coefficient (Wildman–Crippen LogP) is 0.823. The van der Waals surface area contributed by atoms with Crippen LogP contribution in [0.3, 0.4) is 0 Å². The van der Waals surface area contributed by atoms with E-state index in [-0.39, 0.29) is 13.2 Å². The van der Waals surface area contributed by atoms with E-state index in [0.29, 0.717) is 0 Å². The largest absolute Gasteiger partial charge is 0.397 e. The average Bonchev–Trinajstić information content (AvgIpc) is 2.29. The molecule has 15 heavy (non-hydrogen) atoms. The monoisotopic (exact) mass is 209 g/mol. The summed E-state index contributed by atoms with van der Waals surface area (Å²) in [5.41, 5.74) is 3.77. The van der Waals surface area contributed by atoms with Gasteiger partial charge in [-0.25, -0.2) is 0 Å². The molecule has 3 nitrogen and oxygen atoms in total. The van der Waals surface area contributed by atoms with Crippen LogP contribution in [0.2, 0.25) is 0 Å². The predicted molar refractivity (Wildman–Crippen MR) is 60.5 cm³/mol. The van der Waals surface area contributed by atoms with Gasteiger partial charge in [-0.1, -0.05) is 18.2 Å². The number of fused-ring (bicyclic) bond motifs is 1. The van der Waals surface area contributed by atoms with Gasteiger partial charge in [0.15, 0.2) is 0 Å². The zero-order chi connectivity index (χ0) is 11.1. The van der Waals surface area contributed by atoms with E-state index in [9.17, 15) is 0 Å². The van der Waals surface area contributed by atoms with Gasteiger partial charge in [-0.2, -0.15) is 0 Å². The van der Waals surface area contributed by atoms with Crippen LogP contribution in [-0.4, -0.2) is 23.4 Å². The second kappa shape index (κ2) is 6.56. The molecule has 0 radical (unpaired) electrons. The summed E-state index contributed by atoms with van der Waals surface area (Å²) in [5.74, 6) is 0. The lowest BCUT2D eigenvalue weighted by molar-refractivity contribution is 0.281. The maximum Gasteiger partial charge on any atom is 0.0681 e. The van der Waals surface area contributed by atoms with Crippen molar-refractivity contribution in [2.75, 3.05) is 13.2 Å². The summed E-state index contributed by atoms with van der Waals surface area (Å²) in [6.45, 7) is 4.10. The number of hydrogen-bond acceptors (Lipinski definition) is 3. The molecule has 84 valence electrons. The van der Waals surface area contributed by atoms with E-state index < -0.39 is 0 Å². The molecular formula is C12H19NO2. The summed E-state index contributed by atoms with van der Waals surface area (Å²) in [6.07, 6.45) is 1.11. The minimum absolute atomic E-state index is 0.146. The molecule has 0 aliphatic carbocycles. The van der Waals surface area contributed by atoms with Crippen LogP contribution in [0, 0.1) is 0 Å². The van der Waals surface area contributed by atoms with Crippen LogP contribution in [-0.2, 0) is 19.6 Å². The molecule has 0 saturated carbocycles. The van der Waals surface area contributed by atoms with Gasteiger partial charge in [0, 0.05) is 13.2 Å². The third-order valence-electron chi connectivity index (χ3n) is 2.34. The normalized spacial score (nSPS) is 13.8. The highest BCUT2D eigenvalue weighted by Crippen LogP contribution is 2.15. The first kappa shape index (κ1) is 12.2. The number of aliphatic hydroxyl groups is 2. The Labute approximate surface area is 90.8 Å². The summed E-state index contributed by atoms with van der Waals surface area (Å²) < 4.78 is 0. The first-order valence-corrected chi connectivity index (χ1v) is 5.35. The van der Waals surface area contributed by atoms with Gasteiger partial charge in [0.1, 0.15) is 0 Å². The summed E-state index contributed by atoms with van der Waals surface area (Å²) in [4.78, 5) is 0. The number of rotatable bonds is 1. The van der Waals surface area contributed by atoms with Crippen LogP contribution in [0.15, 0.2) is 18.2 Å². The van der Waals surface area contributed by atoms with Crippen molar-refractivity contribution in [2.45, 2.75) is 26.5 Å². The van der Waals surface area contributed by atoms with E-state index in [1.807, 2.05) is 6.07 Å². The highest BCUT2D eigenvalue weighted by atomic mass is 16.3. The van der Waals surface area contributed by atoms with Crippen molar-refractivity contribution >= 4 is 0 Å². The summed E-state index contributed by atoms with van der Waals surface area (Å²) >= 11 is 0. The Morgan fingerprint density at radius 3 is 2.67 bits per heavy atom. The summed E-state index contributed by atoms with van der Waals surface area (Å²) in [6, 6.07) is 6.22. The van der Waals surface area contributed by atoms with E-state index in [4.69, 9.17) is 10.2 Å². The highest BCUT2D eigenvalue weighted by molar-refractivity contribution is 5.33. The Morgan fingerprint density at radius 2 is 2.00 bits per heavy atom. The van der Waals surface area contributed by atoms with E-state index in [1.165, 1.54) is 11.1 Å². The molecule has 1 aliphatic rings. The molecule has 0 spiro atoms. The molecule has 1 aromatic carbocycles. The van der Waals surface area contributed by atoms with Gasteiger partial charge in [0.05, 0.1) is 6.61 Å². The molecule has 2 rings (SSSR count). The Balaban J connectivity index is 0.000000337. The van der Waals surface area contributed by atoms with Gasteiger partial charge in [-0.3, -0.25) is 0 Å². The molecule has 3 N–H and O–H groups in total. The lowest BCUT2D eigenvalue weighted by atomic mass is 9.99. The van der Waals surface area contributed by atoms with E-state index in [2.05, 4.69) is 17.4 Å². The molecule has 1 aromatic rings. The van der Waals surface area contributed by atoms with Gasteiger partial charge in [0.2, 0.25) is 0 Å². The zero-order valence-corrected chi connectivity index (χ0v) is 9.16. The van der Waals surface area contributed by atoms with Gasteiger partial charge in [-0.05, 0) is 36.6 Å². The Hall–Kier alpha value is -0.900. The van der Waals surface area contributed by atoms with Gasteiger partial charge >= 0.3 is 0 Å². The minimum atomic E-state index is 0.146. The second-order valence-electron chi connectivity index (χ2n) is 3.50. The molecule has 0 bridgehead atoms. The maximum atomic E-state index is 8.92. The van der Waals surface area contributed by atoms with Crippen molar-refractivity contribution < 1.29 is 10.2 Å². The lowest BCUT2D eigenvalue weighted by Gasteiger charge is -2.17. The Bertz CT molecular complexity index is 300. The van der Waals surface area contributed by atoms with Crippen molar-refractivity contribution in [3.8, 4) is 0 Å². The summed E-state index contributed by atoms with van der Waals surface area (Å²) in [7, 11) is 0. The molecule has 1 aliphatic heterocycles. The molecule has 0 unspecified atom stereocenters. The molecule has 0 fully saturated rings. The van der Waals surface area contributed by atoms with Crippen molar-refractivity contribution in [3.05, 3.63) is 34.9 Å². The van der Waals surface area contributed by atoms with Crippen LogP contribution in [0.25, 0.3) is 0 Å². The zero-order valence-electron chi connectivity index (χ0n) is 9.16. The standard InChI is InChI=1S/C10H13NO.C2H6O/c12-7-8-1-2-9-3-4-11-6-10(9)5-8;1-2-3/h1-2,5,11-12H,3-4,6-7H2;3H,2H2,1H3. The van der Waals surface area contributed by atoms with Crippen molar-refractivity contribution in [3.63, 3.8) is 0 Å². The lowest BCUT2D eigenvalue weighted by Crippen LogP contribution is -2.23. The van der Waals surface area contributed by atoms with Crippen molar-refractivity contribution in [1.29, 1.82) is 0 Å². The fourth-order valence-electron chi connectivity index (χ4n) is 1.63. The molecule has 0 amide bonds. The van der Waals surface area contributed by atoms with Crippen LogP contribution in [0.4, 0.5) is 0 Å².